The molecule has 1 amide bonds. The Hall–Kier alpha value is -3.23. The molecule has 2 aliphatic heterocycles. The van der Waals surface area contributed by atoms with Crippen molar-refractivity contribution in [2.45, 2.75) is 19.4 Å². The Morgan fingerprint density at radius 1 is 1.27 bits per heavy atom. The maximum atomic E-state index is 13.1. The van der Waals surface area contributed by atoms with Crippen LogP contribution in [0.15, 0.2) is 48.3 Å². The molecule has 1 atom stereocenters. The molecule has 2 N–H and O–H groups in total. The Morgan fingerprint density at radius 2 is 2.06 bits per heavy atom. The van der Waals surface area contributed by atoms with E-state index in [0.29, 0.717) is 23.4 Å². The molecule has 0 bridgehead atoms. The molecule has 3 heterocycles. The standard InChI is InChI=1S/C25H29N3O5/c1-17-15-18(6-7-20(17)32-2)23(29)21-22(19-5-3-8-26-16-19)28(25(31)24(21)30)10-4-9-27-11-13-33-14-12-27/h3,5-8,15-16,22,29H,4,9-14H2,1-2H3/p+1. The zero-order valence-corrected chi connectivity index (χ0v) is 19.0. The monoisotopic (exact) mass is 452 g/mol. The van der Waals surface area contributed by atoms with Crippen molar-refractivity contribution in [2.24, 2.45) is 0 Å². The van der Waals surface area contributed by atoms with E-state index in [2.05, 4.69) is 4.98 Å². The van der Waals surface area contributed by atoms with Gasteiger partial charge in [-0.25, -0.2) is 0 Å². The van der Waals surface area contributed by atoms with E-state index in [4.69, 9.17) is 9.47 Å². The Bertz CT molecular complexity index is 1050. The summed E-state index contributed by atoms with van der Waals surface area (Å²) in [4.78, 5) is 33.3. The molecular formula is C25H30N3O5+. The van der Waals surface area contributed by atoms with Gasteiger partial charge in [-0.3, -0.25) is 14.6 Å². The second kappa shape index (κ2) is 10.1. The topological polar surface area (TPSA) is 93.4 Å². The summed E-state index contributed by atoms with van der Waals surface area (Å²) in [7, 11) is 1.58. The van der Waals surface area contributed by atoms with E-state index < -0.39 is 17.7 Å². The number of ether oxygens (including phenoxy) is 2. The van der Waals surface area contributed by atoms with Gasteiger partial charge in [0, 0.05) is 30.9 Å². The summed E-state index contributed by atoms with van der Waals surface area (Å²) < 4.78 is 10.7. The molecular weight excluding hydrogens is 422 g/mol. The van der Waals surface area contributed by atoms with Gasteiger partial charge in [-0.1, -0.05) is 6.07 Å². The zero-order valence-electron chi connectivity index (χ0n) is 19.0. The number of nitrogens with one attached hydrogen (secondary N) is 1. The van der Waals surface area contributed by atoms with Gasteiger partial charge in [0.15, 0.2) is 0 Å². The van der Waals surface area contributed by atoms with Crippen molar-refractivity contribution in [3.63, 3.8) is 0 Å². The van der Waals surface area contributed by atoms with Crippen LogP contribution >= 0.6 is 0 Å². The second-order valence-electron chi connectivity index (χ2n) is 8.43. The average molecular weight is 453 g/mol. The molecule has 1 unspecified atom stereocenters. The highest BCUT2D eigenvalue weighted by Gasteiger charge is 2.46. The number of nitrogens with zero attached hydrogens (tertiary/aromatic N) is 2. The molecule has 4 rings (SSSR count). The number of amides is 1. The minimum absolute atomic E-state index is 0.0938. The molecule has 2 aliphatic rings. The van der Waals surface area contributed by atoms with E-state index >= 15 is 0 Å². The number of likely N-dealkylation sites (tertiary alicyclic amines) is 1. The number of Topliss-reactive ketones (excluding diaryl/α,β-unsaturated/α-hetero) is 1. The third-order valence-corrected chi connectivity index (χ3v) is 6.34. The third kappa shape index (κ3) is 4.77. The van der Waals surface area contributed by atoms with Gasteiger partial charge in [0.2, 0.25) is 0 Å². The number of aryl methyl sites for hydroxylation is 1. The average Bonchev–Trinajstić information content (AvgIpc) is 3.10. The van der Waals surface area contributed by atoms with E-state index in [1.54, 1.807) is 48.7 Å². The normalized spacial score (nSPS) is 20.9. The molecule has 0 aliphatic carbocycles. The number of aromatic nitrogens is 1. The summed E-state index contributed by atoms with van der Waals surface area (Å²) in [6, 6.07) is 8.10. The zero-order chi connectivity index (χ0) is 23.4. The van der Waals surface area contributed by atoms with Crippen molar-refractivity contribution in [1.29, 1.82) is 0 Å². The van der Waals surface area contributed by atoms with Gasteiger partial charge in [-0.2, -0.15) is 0 Å². The van der Waals surface area contributed by atoms with Gasteiger partial charge in [0.1, 0.15) is 24.6 Å². The fourth-order valence-corrected chi connectivity index (χ4v) is 4.59. The minimum atomic E-state index is -0.680. The van der Waals surface area contributed by atoms with Crippen LogP contribution in [0, 0.1) is 6.92 Å². The van der Waals surface area contributed by atoms with E-state index in [0.717, 1.165) is 44.8 Å². The Kier molecular flexibility index (Phi) is 7.05. The van der Waals surface area contributed by atoms with Crippen molar-refractivity contribution < 1.29 is 29.1 Å². The van der Waals surface area contributed by atoms with Crippen molar-refractivity contribution in [2.75, 3.05) is 46.5 Å². The number of aliphatic hydroxyl groups is 1. The summed E-state index contributed by atoms with van der Waals surface area (Å²) in [5, 5.41) is 11.2. The fraction of sp³-hybridized carbons (Fsp3) is 0.400. The van der Waals surface area contributed by atoms with E-state index in [1.807, 2.05) is 13.0 Å². The summed E-state index contributed by atoms with van der Waals surface area (Å²) in [5.41, 5.74) is 2.08. The molecule has 2 fully saturated rings. The predicted molar refractivity (Wildman–Crippen MR) is 122 cm³/mol. The number of ketones is 1. The number of pyridine rings is 1. The molecule has 1 aromatic heterocycles. The van der Waals surface area contributed by atoms with E-state index in [1.165, 1.54) is 4.90 Å². The fourth-order valence-electron chi connectivity index (χ4n) is 4.59. The number of aliphatic hydroxyl groups excluding tert-OH is 1. The number of carbonyl (C=O) groups is 2. The van der Waals surface area contributed by atoms with Crippen LogP contribution < -0.4 is 9.64 Å². The largest absolute Gasteiger partial charge is 0.507 e. The van der Waals surface area contributed by atoms with Crippen LogP contribution in [0.5, 0.6) is 5.75 Å². The molecule has 8 heteroatoms. The summed E-state index contributed by atoms with van der Waals surface area (Å²) >= 11 is 0. The van der Waals surface area contributed by atoms with Gasteiger partial charge >= 0.3 is 0 Å². The first-order chi connectivity index (χ1) is 16.0. The molecule has 0 radical (unpaired) electrons. The first-order valence-electron chi connectivity index (χ1n) is 11.3. The highest BCUT2D eigenvalue weighted by atomic mass is 16.5. The number of benzene rings is 1. The number of carbonyl (C=O) groups excluding carboxylic acids is 2. The van der Waals surface area contributed by atoms with Gasteiger partial charge in [0.25, 0.3) is 11.7 Å². The van der Waals surface area contributed by atoms with Crippen molar-refractivity contribution in [3.8, 4) is 5.75 Å². The van der Waals surface area contributed by atoms with E-state index in [9.17, 15) is 14.7 Å². The molecule has 0 spiro atoms. The van der Waals surface area contributed by atoms with E-state index in [-0.39, 0.29) is 11.3 Å². The number of hydrogen-bond donors (Lipinski definition) is 2. The minimum Gasteiger partial charge on any atom is -0.507 e. The first kappa shape index (κ1) is 22.9. The Labute approximate surface area is 193 Å². The molecule has 8 nitrogen and oxygen atoms in total. The number of hydrogen-bond acceptors (Lipinski definition) is 6. The van der Waals surface area contributed by atoms with Crippen LogP contribution in [0.4, 0.5) is 0 Å². The lowest BCUT2D eigenvalue weighted by Crippen LogP contribution is -3.14. The lowest BCUT2D eigenvalue weighted by molar-refractivity contribution is -0.908. The lowest BCUT2D eigenvalue weighted by Gasteiger charge is -2.27. The maximum Gasteiger partial charge on any atom is 0.295 e. The van der Waals surface area contributed by atoms with Crippen LogP contribution in [-0.2, 0) is 14.3 Å². The van der Waals surface area contributed by atoms with Gasteiger partial charge in [-0.05, 0) is 42.3 Å². The van der Waals surface area contributed by atoms with Gasteiger partial charge < -0.3 is 24.4 Å². The van der Waals surface area contributed by atoms with Crippen molar-refractivity contribution in [1.82, 2.24) is 9.88 Å². The van der Waals surface area contributed by atoms with Gasteiger partial charge in [-0.15, -0.1) is 0 Å². The van der Waals surface area contributed by atoms with Crippen LogP contribution in [0.25, 0.3) is 5.76 Å². The molecule has 1 aromatic carbocycles. The predicted octanol–water partition coefficient (Wildman–Crippen LogP) is 1.13. The first-order valence-corrected chi connectivity index (χ1v) is 11.3. The maximum absolute atomic E-state index is 13.1. The van der Waals surface area contributed by atoms with Gasteiger partial charge in [0.05, 0.1) is 38.5 Å². The molecule has 2 aromatic rings. The highest BCUT2D eigenvalue weighted by molar-refractivity contribution is 6.46. The SMILES string of the molecule is COc1ccc(C(O)=C2C(=O)C(=O)N(CCC[NH+]3CCOCC3)C2c2cccnc2)cc1C. The number of methoxy groups -OCH3 is 1. The molecule has 33 heavy (non-hydrogen) atoms. The van der Waals surface area contributed by atoms with Crippen LogP contribution in [0.3, 0.4) is 0 Å². The quantitative estimate of drug-likeness (QED) is 0.372. The molecule has 0 saturated carbocycles. The van der Waals surface area contributed by atoms with Crippen LogP contribution in [0.1, 0.15) is 29.2 Å². The highest BCUT2D eigenvalue weighted by Crippen LogP contribution is 2.39. The van der Waals surface area contributed by atoms with Crippen LogP contribution in [-0.4, -0.2) is 73.2 Å². The summed E-state index contributed by atoms with van der Waals surface area (Å²) in [6.45, 7) is 6.56. The lowest BCUT2D eigenvalue weighted by atomic mass is 9.95. The molecule has 174 valence electrons. The Morgan fingerprint density at radius 3 is 2.73 bits per heavy atom. The number of morpholine rings is 1. The second-order valence-corrected chi connectivity index (χ2v) is 8.43. The number of quaternary nitrogens is 1. The number of rotatable bonds is 7. The smallest absolute Gasteiger partial charge is 0.295 e. The molecule has 2 saturated heterocycles. The summed E-state index contributed by atoms with van der Waals surface area (Å²) in [6.07, 6.45) is 4.04. The van der Waals surface area contributed by atoms with Crippen molar-refractivity contribution in [3.05, 3.63) is 65.0 Å². The Balaban J connectivity index is 1.66. The summed E-state index contributed by atoms with van der Waals surface area (Å²) in [5.74, 6) is -0.767. The third-order valence-electron chi connectivity index (χ3n) is 6.34. The van der Waals surface area contributed by atoms with Crippen molar-refractivity contribution >= 4 is 17.4 Å². The van der Waals surface area contributed by atoms with Crippen LogP contribution in [0.2, 0.25) is 0 Å².